The summed E-state index contributed by atoms with van der Waals surface area (Å²) in [6.07, 6.45) is 4.19. The molecule has 0 saturated carbocycles. The van der Waals surface area contributed by atoms with Gasteiger partial charge in [0.25, 0.3) is 0 Å². The van der Waals surface area contributed by atoms with E-state index in [2.05, 4.69) is 33.9 Å². The minimum Gasteiger partial charge on any atom is -0.409 e. The number of hydrogen-bond donors (Lipinski definition) is 2. The number of rotatable bonds is 5. The highest BCUT2D eigenvalue weighted by Gasteiger charge is 2.06. The summed E-state index contributed by atoms with van der Waals surface area (Å²) in [5.74, 6) is 0.774. The third kappa shape index (κ3) is 2.82. The minimum atomic E-state index is -0.0300. The van der Waals surface area contributed by atoms with Crippen LogP contribution in [0.4, 0.5) is 5.82 Å². The molecular formula is C10H17N5O. The van der Waals surface area contributed by atoms with Crippen LogP contribution in [0.3, 0.4) is 0 Å². The van der Waals surface area contributed by atoms with Crippen LogP contribution in [0.25, 0.3) is 0 Å². The van der Waals surface area contributed by atoms with E-state index in [1.54, 1.807) is 6.20 Å². The Bertz CT molecular complexity index is 349. The first-order valence-electron chi connectivity index (χ1n) is 5.27. The maximum atomic E-state index is 8.48. The predicted octanol–water partition coefficient (Wildman–Crippen LogP) is 0.807. The summed E-state index contributed by atoms with van der Waals surface area (Å²) in [5.41, 5.74) is 5.77. The van der Waals surface area contributed by atoms with Crippen molar-refractivity contribution in [2.24, 2.45) is 10.9 Å². The van der Waals surface area contributed by atoms with Gasteiger partial charge in [0, 0.05) is 13.1 Å². The van der Waals surface area contributed by atoms with Crippen molar-refractivity contribution in [3.63, 3.8) is 0 Å². The number of nitrogens with zero attached hydrogens (tertiary/aromatic N) is 4. The van der Waals surface area contributed by atoms with Crippen molar-refractivity contribution in [1.29, 1.82) is 0 Å². The Morgan fingerprint density at radius 2 is 2.19 bits per heavy atom. The maximum Gasteiger partial charge on any atom is 0.190 e. The third-order valence-corrected chi connectivity index (χ3v) is 2.21. The Balaban J connectivity index is 2.84. The van der Waals surface area contributed by atoms with Gasteiger partial charge in [-0.25, -0.2) is 9.97 Å². The second-order valence-electron chi connectivity index (χ2n) is 3.32. The molecule has 0 aliphatic rings. The first-order chi connectivity index (χ1) is 7.72. The molecular weight excluding hydrogens is 206 g/mol. The molecule has 0 radical (unpaired) electrons. The standard InChI is InChI=1S/C10H17N5O/c1-3-5-15(4-2)9-7-12-8(6-13-9)10(11)14-16/h6-7,16H,3-5H2,1-2H3,(H2,11,14). The first-order valence-corrected chi connectivity index (χ1v) is 5.27. The van der Waals surface area contributed by atoms with Crippen molar-refractivity contribution in [2.45, 2.75) is 20.3 Å². The summed E-state index contributed by atoms with van der Waals surface area (Å²) in [4.78, 5) is 10.4. The van der Waals surface area contributed by atoms with Crippen LogP contribution in [0.1, 0.15) is 26.0 Å². The van der Waals surface area contributed by atoms with E-state index in [9.17, 15) is 0 Å². The lowest BCUT2D eigenvalue weighted by Crippen LogP contribution is -2.25. The molecule has 0 fully saturated rings. The van der Waals surface area contributed by atoms with E-state index in [1.807, 2.05) is 0 Å². The average Bonchev–Trinajstić information content (AvgIpc) is 2.35. The van der Waals surface area contributed by atoms with Crippen LogP contribution >= 0.6 is 0 Å². The zero-order valence-corrected chi connectivity index (χ0v) is 9.59. The maximum absolute atomic E-state index is 8.48. The van der Waals surface area contributed by atoms with Gasteiger partial charge < -0.3 is 15.8 Å². The van der Waals surface area contributed by atoms with Crippen molar-refractivity contribution in [1.82, 2.24) is 9.97 Å². The highest BCUT2D eigenvalue weighted by atomic mass is 16.4. The smallest absolute Gasteiger partial charge is 0.190 e. The van der Waals surface area contributed by atoms with E-state index in [-0.39, 0.29) is 5.84 Å². The number of hydrogen-bond acceptors (Lipinski definition) is 5. The van der Waals surface area contributed by atoms with Crippen molar-refractivity contribution < 1.29 is 5.21 Å². The molecule has 0 aliphatic heterocycles. The Morgan fingerprint density at radius 3 is 2.62 bits per heavy atom. The van der Waals surface area contributed by atoms with E-state index in [1.165, 1.54) is 6.20 Å². The lowest BCUT2D eigenvalue weighted by Gasteiger charge is -2.20. The van der Waals surface area contributed by atoms with Crippen LogP contribution in [0.5, 0.6) is 0 Å². The van der Waals surface area contributed by atoms with Crippen molar-refractivity contribution in [3.8, 4) is 0 Å². The Morgan fingerprint density at radius 1 is 1.44 bits per heavy atom. The lowest BCUT2D eigenvalue weighted by molar-refractivity contribution is 0.318. The molecule has 1 rings (SSSR count). The largest absolute Gasteiger partial charge is 0.409 e. The fourth-order valence-corrected chi connectivity index (χ4v) is 1.37. The summed E-state index contributed by atoms with van der Waals surface area (Å²) in [6.45, 7) is 6.00. The fourth-order valence-electron chi connectivity index (χ4n) is 1.37. The highest BCUT2D eigenvalue weighted by molar-refractivity contribution is 5.94. The predicted molar refractivity (Wildman–Crippen MR) is 62.7 cm³/mol. The summed E-state index contributed by atoms with van der Waals surface area (Å²) in [6, 6.07) is 0. The van der Waals surface area contributed by atoms with Crippen LogP contribution in [-0.4, -0.2) is 34.1 Å². The van der Waals surface area contributed by atoms with Crippen molar-refractivity contribution in [2.75, 3.05) is 18.0 Å². The number of amidine groups is 1. The van der Waals surface area contributed by atoms with Gasteiger partial charge in [-0.2, -0.15) is 0 Å². The molecule has 6 nitrogen and oxygen atoms in total. The molecule has 1 aromatic heterocycles. The lowest BCUT2D eigenvalue weighted by atomic mass is 10.4. The molecule has 0 bridgehead atoms. The van der Waals surface area contributed by atoms with Crippen LogP contribution in [0, 0.1) is 0 Å². The van der Waals surface area contributed by atoms with Gasteiger partial charge in [0.05, 0.1) is 12.4 Å². The van der Waals surface area contributed by atoms with Crippen LogP contribution < -0.4 is 10.6 Å². The SMILES string of the molecule is CCCN(CC)c1cnc(C(N)=NO)cn1. The van der Waals surface area contributed by atoms with Crippen LogP contribution in [-0.2, 0) is 0 Å². The Labute approximate surface area is 94.8 Å². The Kier molecular flexibility index (Phi) is 4.50. The van der Waals surface area contributed by atoms with Gasteiger partial charge in [-0.05, 0) is 13.3 Å². The molecule has 88 valence electrons. The quantitative estimate of drug-likeness (QED) is 0.334. The van der Waals surface area contributed by atoms with Crippen molar-refractivity contribution in [3.05, 3.63) is 18.1 Å². The zero-order valence-electron chi connectivity index (χ0n) is 9.59. The van der Waals surface area contributed by atoms with Gasteiger partial charge in [-0.1, -0.05) is 12.1 Å². The molecule has 0 spiro atoms. The molecule has 0 aliphatic carbocycles. The van der Waals surface area contributed by atoms with Crippen molar-refractivity contribution >= 4 is 11.7 Å². The topological polar surface area (TPSA) is 87.6 Å². The second kappa shape index (κ2) is 5.89. The fraction of sp³-hybridized carbons (Fsp3) is 0.500. The summed E-state index contributed by atoms with van der Waals surface area (Å²) in [5, 5.41) is 11.3. The van der Waals surface area contributed by atoms with Gasteiger partial charge in [0.1, 0.15) is 11.5 Å². The number of nitrogens with two attached hydrogens (primary N) is 1. The summed E-state index contributed by atoms with van der Waals surface area (Å²) in [7, 11) is 0. The van der Waals surface area contributed by atoms with Gasteiger partial charge in [0.2, 0.25) is 0 Å². The average molecular weight is 223 g/mol. The number of aromatic nitrogens is 2. The molecule has 0 unspecified atom stereocenters. The number of oxime groups is 1. The van der Waals surface area contributed by atoms with Gasteiger partial charge in [-0.15, -0.1) is 0 Å². The minimum absolute atomic E-state index is 0.0300. The summed E-state index contributed by atoms with van der Waals surface area (Å²) >= 11 is 0. The summed E-state index contributed by atoms with van der Waals surface area (Å²) < 4.78 is 0. The molecule has 1 aromatic rings. The first kappa shape index (κ1) is 12.2. The number of anilines is 1. The zero-order chi connectivity index (χ0) is 12.0. The van der Waals surface area contributed by atoms with Gasteiger partial charge in [-0.3, -0.25) is 0 Å². The molecule has 0 amide bonds. The molecule has 0 saturated heterocycles. The molecule has 3 N–H and O–H groups in total. The Hall–Kier alpha value is -1.85. The van der Waals surface area contributed by atoms with E-state index in [0.717, 1.165) is 25.3 Å². The van der Waals surface area contributed by atoms with E-state index >= 15 is 0 Å². The molecule has 0 atom stereocenters. The third-order valence-electron chi connectivity index (χ3n) is 2.21. The molecule has 6 heteroatoms. The van der Waals surface area contributed by atoms with Gasteiger partial charge in [0.15, 0.2) is 5.84 Å². The van der Waals surface area contributed by atoms with E-state index < -0.39 is 0 Å². The molecule has 1 heterocycles. The van der Waals surface area contributed by atoms with Crippen LogP contribution in [0.15, 0.2) is 17.5 Å². The molecule has 0 aromatic carbocycles. The highest BCUT2D eigenvalue weighted by Crippen LogP contribution is 2.08. The second-order valence-corrected chi connectivity index (χ2v) is 3.32. The van der Waals surface area contributed by atoms with Crippen LogP contribution in [0.2, 0.25) is 0 Å². The molecule has 16 heavy (non-hydrogen) atoms. The normalized spacial score (nSPS) is 11.5. The monoisotopic (exact) mass is 223 g/mol. The van der Waals surface area contributed by atoms with E-state index in [4.69, 9.17) is 10.9 Å². The van der Waals surface area contributed by atoms with Gasteiger partial charge >= 0.3 is 0 Å². The van der Waals surface area contributed by atoms with E-state index in [0.29, 0.717) is 5.69 Å².